The number of amides is 1. The summed E-state index contributed by atoms with van der Waals surface area (Å²) in [7, 11) is -3.35. The van der Waals surface area contributed by atoms with Gasteiger partial charge in [-0.2, -0.15) is 0 Å². The standard InChI is InChI=1S/C18H17ClN2O5S/c1-27(24,25)21-9-8-12-10-13(2-7-16(12)21)18(23)26-11-17(22)20-15-5-3-14(19)4-6-15/h2-7,10H,8-9,11H2,1H3,(H,20,22). The van der Waals surface area contributed by atoms with Crippen molar-refractivity contribution in [2.75, 3.05) is 29.0 Å². The van der Waals surface area contributed by atoms with Crippen LogP contribution in [0.5, 0.6) is 0 Å². The first-order valence-electron chi connectivity index (χ1n) is 8.07. The van der Waals surface area contributed by atoms with Crippen molar-refractivity contribution in [2.24, 2.45) is 0 Å². The van der Waals surface area contributed by atoms with Crippen LogP contribution in [-0.2, 0) is 26.0 Å². The molecule has 9 heteroatoms. The molecule has 142 valence electrons. The van der Waals surface area contributed by atoms with Gasteiger partial charge in [-0.05, 0) is 54.4 Å². The minimum Gasteiger partial charge on any atom is -0.452 e. The van der Waals surface area contributed by atoms with Crippen molar-refractivity contribution in [2.45, 2.75) is 6.42 Å². The molecule has 0 aliphatic carbocycles. The molecule has 0 radical (unpaired) electrons. The summed E-state index contributed by atoms with van der Waals surface area (Å²) in [5, 5.41) is 3.14. The topological polar surface area (TPSA) is 92.8 Å². The normalized spacial score (nSPS) is 13.2. The molecule has 0 saturated heterocycles. The molecule has 2 aromatic carbocycles. The quantitative estimate of drug-likeness (QED) is 0.767. The van der Waals surface area contributed by atoms with E-state index in [0.29, 0.717) is 29.4 Å². The fourth-order valence-corrected chi connectivity index (χ4v) is 3.87. The first kappa shape index (κ1) is 19.2. The zero-order valence-electron chi connectivity index (χ0n) is 14.4. The van der Waals surface area contributed by atoms with E-state index in [9.17, 15) is 18.0 Å². The van der Waals surface area contributed by atoms with Gasteiger partial charge in [-0.15, -0.1) is 0 Å². The smallest absolute Gasteiger partial charge is 0.338 e. The fourth-order valence-electron chi connectivity index (χ4n) is 2.79. The molecule has 0 atom stereocenters. The number of sulfonamides is 1. The second-order valence-corrected chi connectivity index (χ2v) is 8.40. The van der Waals surface area contributed by atoms with Gasteiger partial charge in [0.05, 0.1) is 17.5 Å². The Morgan fingerprint density at radius 3 is 2.56 bits per heavy atom. The number of rotatable bonds is 5. The van der Waals surface area contributed by atoms with Crippen LogP contribution in [0.1, 0.15) is 15.9 Å². The van der Waals surface area contributed by atoms with Crippen molar-refractivity contribution < 1.29 is 22.7 Å². The number of carbonyl (C=O) groups excluding carboxylic acids is 2. The molecular weight excluding hydrogens is 392 g/mol. The van der Waals surface area contributed by atoms with Crippen LogP contribution < -0.4 is 9.62 Å². The van der Waals surface area contributed by atoms with E-state index in [1.54, 1.807) is 36.4 Å². The first-order valence-corrected chi connectivity index (χ1v) is 10.3. The summed E-state index contributed by atoms with van der Waals surface area (Å²) in [5.74, 6) is -1.13. The molecule has 3 rings (SSSR count). The van der Waals surface area contributed by atoms with Gasteiger partial charge < -0.3 is 10.1 Å². The fraction of sp³-hybridized carbons (Fsp3) is 0.222. The Labute approximate surface area is 161 Å². The average molecular weight is 409 g/mol. The zero-order valence-corrected chi connectivity index (χ0v) is 16.0. The van der Waals surface area contributed by atoms with Gasteiger partial charge in [-0.25, -0.2) is 13.2 Å². The Morgan fingerprint density at radius 1 is 1.19 bits per heavy atom. The number of nitrogens with one attached hydrogen (secondary N) is 1. The van der Waals surface area contributed by atoms with Crippen LogP contribution >= 0.6 is 11.6 Å². The molecule has 1 aliphatic heterocycles. The van der Waals surface area contributed by atoms with Crippen LogP contribution in [0.4, 0.5) is 11.4 Å². The van der Waals surface area contributed by atoms with Gasteiger partial charge in [0.25, 0.3) is 5.91 Å². The maximum absolute atomic E-state index is 12.2. The molecule has 0 unspecified atom stereocenters. The van der Waals surface area contributed by atoms with Crippen LogP contribution in [0.3, 0.4) is 0 Å². The molecule has 1 aliphatic rings. The Bertz CT molecular complexity index is 989. The van der Waals surface area contributed by atoms with Crippen molar-refractivity contribution in [1.82, 2.24) is 0 Å². The molecule has 1 heterocycles. The number of hydrogen-bond acceptors (Lipinski definition) is 5. The highest BCUT2D eigenvalue weighted by Crippen LogP contribution is 2.30. The van der Waals surface area contributed by atoms with Gasteiger partial charge in [0.2, 0.25) is 10.0 Å². The second kappa shape index (κ2) is 7.58. The summed E-state index contributed by atoms with van der Waals surface area (Å²) in [4.78, 5) is 24.1. The van der Waals surface area contributed by atoms with Gasteiger partial charge in [-0.1, -0.05) is 11.6 Å². The third kappa shape index (κ3) is 4.58. The summed E-state index contributed by atoms with van der Waals surface area (Å²) in [5.41, 5.74) is 2.12. The number of carbonyl (C=O) groups is 2. The van der Waals surface area contributed by atoms with E-state index in [1.165, 1.54) is 10.4 Å². The predicted molar refractivity (Wildman–Crippen MR) is 103 cm³/mol. The number of fused-ring (bicyclic) bond motifs is 1. The number of benzene rings is 2. The van der Waals surface area contributed by atoms with E-state index in [-0.39, 0.29) is 5.56 Å². The Hall–Kier alpha value is -2.58. The Balaban J connectivity index is 1.60. The van der Waals surface area contributed by atoms with Crippen LogP contribution in [0.25, 0.3) is 0 Å². The van der Waals surface area contributed by atoms with E-state index in [4.69, 9.17) is 16.3 Å². The maximum atomic E-state index is 12.2. The lowest BCUT2D eigenvalue weighted by Gasteiger charge is -2.16. The minimum absolute atomic E-state index is 0.267. The Morgan fingerprint density at radius 2 is 1.89 bits per heavy atom. The van der Waals surface area contributed by atoms with Crippen LogP contribution in [0, 0.1) is 0 Å². The molecule has 0 fully saturated rings. The van der Waals surface area contributed by atoms with Crippen LogP contribution in [0.2, 0.25) is 5.02 Å². The minimum atomic E-state index is -3.35. The summed E-state index contributed by atoms with van der Waals surface area (Å²) < 4.78 is 29.8. The van der Waals surface area contributed by atoms with Crippen molar-refractivity contribution in [1.29, 1.82) is 0 Å². The third-order valence-corrected chi connectivity index (χ3v) is 5.46. The maximum Gasteiger partial charge on any atom is 0.338 e. The summed E-state index contributed by atoms with van der Waals surface area (Å²) in [6.07, 6.45) is 1.66. The summed E-state index contributed by atoms with van der Waals surface area (Å²) in [6, 6.07) is 11.2. The van der Waals surface area contributed by atoms with Crippen LogP contribution in [0.15, 0.2) is 42.5 Å². The number of ether oxygens (including phenoxy) is 1. The van der Waals surface area contributed by atoms with Gasteiger partial charge in [-0.3, -0.25) is 9.10 Å². The van der Waals surface area contributed by atoms with Gasteiger partial charge in [0.1, 0.15) is 0 Å². The highest BCUT2D eigenvalue weighted by Gasteiger charge is 2.27. The average Bonchev–Trinajstić information content (AvgIpc) is 3.05. The van der Waals surface area contributed by atoms with E-state index in [1.807, 2.05) is 0 Å². The molecule has 1 amide bonds. The SMILES string of the molecule is CS(=O)(=O)N1CCc2cc(C(=O)OCC(=O)Nc3ccc(Cl)cc3)ccc21. The largest absolute Gasteiger partial charge is 0.452 e. The zero-order chi connectivity index (χ0) is 19.6. The molecule has 7 nitrogen and oxygen atoms in total. The highest BCUT2D eigenvalue weighted by molar-refractivity contribution is 7.92. The summed E-state index contributed by atoms with van der Waals surface area (Å²) >= 11 is 5.77. The van der Waals surface area contributed by atoms with Crippen molar-refractivity contribution in [3.8, 4) is 0 Å². The monoisotopic (exact) mass is 408 g/mol. The molecule has 0 aromatic heterocycles. The molecule has 27 heavy (non-hydrogen) atoms. The van der Waals surface area contributed by atoms with E-state index < -0.39 is 28.5 Å². The Kier molecular flexibility index (Phi) is 5.38. The third-order valence-electron chi connectivity index (χ3n) is 4.03. The number of hydrogen-bond donors (Lipinski definition) is 1. The first-order chi connectivity index (χ1) is 12.7. The molecule has 0 saturated carbocycles. The lowest BCUT2D eigenvalue weighted by Crippen LogP contribution is -2.27. The second-order valence-electron chi connectivity index (χ2n) is 6.06. The predicted octanol–water partition coefficient (Wildman–Crippen LogP) is 2.46. The van der Waals surface area contributed by atoms with E-state index in [2.05, 4.69) is 5.32 Å². The number of anilines is 2. The molecule has 0 spiro atoms. The van der Waals surface area contributed by atoms with Crippen LogP contribution in [-0.4, -0.2) is 39.7 Å². The lowest BCUT2D eigenvalue weighted by atomic mass is 10.1. The van der Waals surface area contributed by atoms with Gasteiger partial charge in [0.15, 0.2) is 6.61 Å². The van der Waals surface area contributed by atoms with Crippen molar-refractivity contribution >= 4 is 44.9 Å². The molecule has 2 aromatic rings. The molecular formula is C18H17ClN2O5S. The number of nitrogens with zero attached hydrogens (tertiary/aromatic N) is 1. The lowest BCUT2D eigenvalue weighted by molar-refractivity contribution is -0.119. The van der Waals surface area contributed by atoms with Gasteiger partial charge in [0, 0.05) is 17.3 Å². The highest BCUT2D eigenvalue weighted by atomic mass is 35.5. The number of esters is 1. The molecule has 1 N–H and O–H groups in total. The van der Waals surface area contributed by atoms with Gasteiger partial charge >= 0.3 is 5.97 Å². The number of halogens is 1. The molecule has 0 bridgehead atoms. The summed E-state index contributed by atoms with van der Waals surface area (Å²) in [6.45, 7) is -0.0931. The van der Waals surface area contributed by atoms with E-state index >= 15 is 0 Å². The van der Waals surface area contributed by atoms with Crippen molar-refractivity contribution in [3.05, 3.63) is 58.6 Å². The van der Waals surface area contributed by atoms with E-state index in [0.717, 1.165) is 11.8 Å². The van der Waals surface area contributed by atoms with Crippen molar-refractivity contribution in [3.63, 3.8) is 0 Å².